The molecule has 0 aromatic carbocycles. The number of nitrogens with zero attached hydrogens (tertiary/aromatic N) is 1. The zero-order chi connectivity index (χ0) is 8.32. The summed E-state index contributed by atoms with van der Waals surface area (Å²) in [6, 6.07) is -0.435. The standard InChI is InChI=1S/C8H10N2O/c1-2-7(9)8(6-11)4-3-5-10-8/h2-7H,1,9H2. The SMILES string of the molecule is C=CC(N)C1(C=O)C=CC=N1. The third kappa shape index (κ3) is 1.14. The summed E-state index contributed by atoms with van der Waals surface area (Å²) >= 11 is 0. The van der Waals surface area contributed by atoms with Gasteiger partial charge in [0, 0.05) is 6.21 Å². The fourth-order valence-electron chi connectivity index (χ4n) is 0.947. The lowest BCUT2D eigenvalue weighted by molar-refractivity contribution is -0.110. The van der Waals surface area contributed by atoms with E-state index in [1.54, 1.807) is 18.4 Å². The predicted molar refractivity (Wildman–Crippen MR) is 44.6 cm³/mol. The van der Waals surface area contributed by atoms with Crippen molar-refractivity contribution in [1.29, 1.82) is 0 Å². The van der Waals surface area contributed by atoms with Gasteiger partial charge in [-0.15, -0.1) is 6.58 Å². The van der Waals surface area contributed by atoms with Crippen molar-refractivity contribution in [3.05, 3.63) is 24.8 Å². The molecule has 0 aliphatic carbocycles. The van der Waals surface area contributed by atoms with Crippen LogP contribution in [-0.4, -0.2) is 24.1 Å². The lowest BCUT2D eigenvalue weighted by Crippen LogP contribution is -2.44. The van der Waals surface area contributed by atoms with E-state index in [1.807, 2.05) is 0 Å². The number of rotatable bonds is 3. The smallest absolute Gasteiger partial charge is 0.153 e. The second-order valence-electron chi connectivity index (χ2n) is 2.40. The monoisotopic (exact) mass is 150 g/mol. The second kappa shape index (κ2) is 2.80. The van der Waals surface area contributed by atoms with Crippen molar-refractivity contribution in [3.8, 4) is 0 Å². The zero-order valence-corrected chi connectivity index (χ0v) is 6.10. The largest absolute Gasteiger partial charge is 0.322 e. The van der Waals surface area contributed by atoms with Crippen LogP contribution < -0.4 is 5.73 Å². The number of aldehydes is 1. The molecule has 0 aromatic heterocycles. The maximum absolute atomic E-state index is 10.6. The van der Waals surface area contributed by atoms with E-state index >= 15 is 0 Å². The van der Waals surface area contributed by atoms with Crippen LogP contribution in [0.4, 0.5) is 0 Å². The molecule has 0 amide bonds. The lowest BCUT2D eigenvalue weighted by atomic mass is 9.94. The molecule has 58 valence electrons. The summed E-state index contributed by atoms with van der Waals surface area (Å²) in [5, 5.41) is 0. The number of allylic oxidation sites excluding steroid dienone is 1. The molecule has 0 saturated carbocycles. The van der Waals surface area contributed by atoms with Crippen LogP contribution in [0.2, 0.25) is 0 Å². The number of carbonyl (C=O) groups is 1. The van der Waals surface area contributed by atoms with Gasteiger partial charge in [-0.2, -0.15) is 0 Å². The first-order chi connectivity index (χ1) is 5.25. The third-order valence-electron chi connectivity index (χ3n) is 1.72. The lowest BCUT2D eigenvalue weighted by Gasteiger charge is -2.21. The number of hydrogen-bond acceptors (Lipinski definition) is 3. The van der Waals surface area contributed by atoms with Crippen molar-refractivity contribution in [2.75, 3.05) is 0 Å². The molecule has 0 fully saturated rings. The minimum atomic E-state index is -0.887. The Hall–Kier alpha value is -1.22. The first-order valence-electron chi connectivity index (χ1n) is 3.33. The van der Waals surface area contributed by atoms with Crippen LogP contribution in [0.3, 0.4) is 0 Å². The normalized spacial score (nSPS) is 30.3. The Bertz CT molecular complexity index is 218. The van der Waals surface area contributed by atoms with Crippen molar-refractivity contribution in [1.82, 2.24) is 0 Å². The first-order valence-corrected chi connectivity index (χ1v) is 3.33. The average molecular weight is 150 g/mol. The fraction of sp³-hybridized carbons (Fsp3) is 0.250. The predicted octanol–water partition coefficient (Wildman–Crippen LogP) is 0.0780. The molecule has 2 N–H and O–H groups in total. The molecule has 2 unspecified atom stereocenters. The van der Waals surface area contributed by atoms with E-state index in [0.717, 1.165) is 6.29 Å². The van der Waals surface area contributed by atoms with Gasteiger partial charge in [0.05, 0.1) is 6.04 Å². The molecule has 3 heteroatoms. The maximum Gasteiger partial charge on any atom is 0.153 e. The molecule has 0 radical (unpaired) electrons. The molecular weight excluding hydrogens is 140 g/mol. The fourth-order valence-corrected chi connectivity index (χ4v) is 0.947. The highest BCUT2D eigenvalue weighted by atomic mass is 16.1. The molecule has 1 rings (SSSR count). The Morgan fingerprint density at radius 1 is 1.73 bits per heavy atom. The average Bonchev–Trinajstić information content (AvgIpc) is 2.52. The summed E-state index contributed by atoms with van der Waals surface area (Å²) in [6.45, 7) is 3.51. The number of nitrogens with two attached hydrogens (primary N) is 1. The van der Waals surface area contributed by atoms with Crippen LogP contribution in [0.1, 0.15) is 0 Å². The molecule has 0 bridgehead atoms. The van der Waals surface area contributed by atoms with Crippen molar-refractivity contribution < 1.29 is 4.79 Å². The summed E-state index contributed by atoms with van der Waals surface area (Å²) in [4.78, 5) is 14.6. The van der Waals surface area contributed by atoms with Gasteiger partial charge in [-0.25, -0.2) is 0 Å². The van der Waals surface area contributed by atoms with Gasteiger partial charge in [-0.1, -0.05) is 6.08 Å². The quantitative estimate of drug-likeness (QED) is 0.457. The molecule has 3 nitrogen and oxygen atoms in total. The molecule has 11 heavy (non-hydrogen) atoms. The molecule has 1 aliphatic heterocycles. The minimum Gasteiger partial charge on any atom is -0.322 e. The molecule has 1 heterocycles. The van der Waals surface area contributed by atoms with E-state index in [9.17, 15) is 4.79 Å². The van der Waals surface area contributed by atoms with Crippen LogP contribution in [0.25, 0.3) is 0 Å². The van der Waals surface area contributed by atoms with Gasteiger partial charge in [0.15, 0.2) is 11.8 Å². The number of aliphatic imine (C=N–C) groups is 1. The summed E-state index contributed by atoms with van der Waals surface area (Å²) < 4.78 is 0. The molecular formula is C8H10N2O. The topological polar surface area (TPSA) is 55.5 Å². The van der Waals surface area contributed by atoms with Gasteiger partial charge in [-0.05, 0) is 12.2 Å². The highest BCUT2D eigenvalue weighted by molar-refractivity contribution is 5.84. The van der Waals surface area contributed by atoms with E-state index in [2.05, 4.69) is 11.6 Å². The maximum atomic E-state index is 10.6. The minimum absolute atomic E-state index is 0.435. The van der Waals surface area contributed by atoms with E-state index in [4.69, 9.17) is 5.73 Å². The Balaban J connectivity index is 2.93. The molecule has 2 atom stereocenters. The van der Waals surface area contributed by atoms with Gasteiger partial charge in [0.25, 0.3) is 0 Å². The summed E-state index contributed by atoms with van der Waals surface area (Å²) in [5.41, 5.74) is 4.72. The summed E-state index contributed by atoms with van der Waals surface area (Å²) in [6.07, 6.45) is 7.20. The van der Waals surface area contributed by atoms with E-state index < -0.39 is 11.6 Å². The molecule has 0 spiro atoms. The van der Waals surface area contributed by atoms with Crippen LogP contribution in [0.5, 0.6) is 0 Å². The Labute approximate surface area is 65.3 Å². The first kappa shape index (κ1) is 7.88. The highest BCUT2D eigenvalue weighted by Gasteiger charge is 2.32. The van der Waals surface area contributed by atoms with Crippen molar-refractivity contribution in [3.63, 3.8) is 0 Å². The van der Waals surface area contributed by atoms with E-state index in [1.165, 1.54) is 6.08 Å². The van der Waals surface area contributed by atoms with Gasteiger partial charge in [0.1, 0.15) is 0 Å². The summed E-state index contributed by atoms with van der Waals surface area (Å²) in [7, 11) is 0. The number of hydrogen-bond donors (Lipinski definition) is 1. The molecule has 0 aromatic rings. The van der Waals surface area contributed by atoms with Crippen LogP contribution >= 0.6 is 0 Å². The molecule has 0 saturated heterocycles. The molecule has 1 aliphatic rings. The summed E-state index contributed by atoms with van der Waals surface area (Å²) in [5.74, 6) is 0. The highest BCUT2D eigenvalue weighted by Crippen LogP contribution is 2.17. The van der Waals surface area contributed by atoms with Crippen molar-refractivity contribution in [2.24, 2.45) is 10.7 Å². The Kier molecular flexibility index (Phi) is 2.01. The second-order valence-corrected chi connectivity index (χ2v) is 2.40. The van der Waals surface area contributed by atoms with E-state index in [0.29, 0.717) is 0 Å². The van der Waals surface area contributed by atoms with Gasteiger partial charge >= 0.3 is 0 Å². The van der Waals surface area contributed by atoms with Crippen LogP contribution in [0.15, 0.2) is 29.8 Å². The van der Waals surface area contributed by atoms with Gasteiger partial charge in [-0.3, -0.25) is 4.99 Å². The Morgan fingerprint density at radius 3 is 2.82 bits per heavy atom. The van der Waals surface area contributed by atoms with Crippen molar-refractivity contribution in [2.45, 2.75) is 11.6 Å². The van der Waals surface area contributed by atoms with Gasteiger partial charge < -0.3 is 10.5 Å². The van der Waals surface area contributed by atoms with Crippen molar-refractivity contribution >= 4 is 12.5 Å². The third-order valence-corrected chi connectivity index (χ3v) is 1.72. The number of carbonyl (C=O) groups excluding carboxylic acids is 1. The van der Waals surface area contributed by atoms with Crippen LogP contribution in [-0.2, 0) is 4.79 Å². The van der Waals surface area contributed by atoms with Gasteiger partial charge in [0.2, 0.25) is 0 Å². The van der Waals surface area contributed by atoms with E-state index in [-0.39, 0.29) is 0 Å². The van der Waals surface area contributed by atoms with Crippen LogP contribution in [0, 0.1) is 0 Å². The Morgan fingerprint density at radius 2 is 2.45 bits per heavy atom. The zero-order valence-electron chi connectivity index (χ0n) is 6.10.